The molecule has 0 aliphatic carbocycles. The van der Waals surface area contributed by atoms with Crippen LogP contribution < -0.4 is 20.7 Å². The van der Waals surface area contributed by atoms with Crippen LogP contribution in [0.1, 0.15) is 18.3 Å². The zero-order valence-corrected chi connectivity index (χ0v) is 13.2. The second-order valence-corrected chi connectivity index (χ2v) is 5.23. The number of hydrogen-bond acceptors (Lipinski definition) is 7. The van der Waals surface area contributed by atoms with E-state index in [1.54, 1.807) is 6.07 Å². The number of aromatic nitrogens is 4. The highest BCUT2D eigenvalue weighted by atomic mass is 16.5. The molecule has 2 aromatic rings. The largest absolute Gasteiger partial charge is 0.487 e. The van der Waals surface area contributed by atoms with Crippen LogP contribution >= 0.6 is 0 Å². The van der Waals surface area contributed by atoms with Crippen LogP contribution in [0.15, 0.2) is 18.2 Å². The Morgan fingerprint density at radius 2 is 2.29 bits per heavy atom. The van der Waals surface area contributed by atoms with Crippen LogP contribution in [-0.2, 0) is 19.6 Å². The van der Waals surface area contributed by atoms with Gasteiger partial charge in [-0.15, -0.1) is 10.2 Å². The first-order valence-corrected chi connectivity index (χ1v) is 7.62. The van der Waals surface area contributed by atoms with Crippen molar-refractivity contribution in [3.05, 3.63) is 29.6 Å². The van der Waals surface area contributed by atoms with Crippen LogP contribution in [0.2, 0.25) is 0 Å². The summed E-state index contributed by atoms with van der Waals surface area (Å²) in [6.07, 6.45) is -0.702. The molecule has 0 fully saturated rings. The van der Waals surface area contributed by atoms with Gasteiger partial charge in [0.15, 0.2) is 12.1 Å². The molecule has 24 heavy (non-hydrogen) atoms. The zero-order valence-electron chi connectivity index (χ0n) is 13.2. The molecule has 2 amide bonds. The second-order valence-electron chi connectivity index (χ2n) is 5.23. The molecule has 1 aliphatic heterocycles. The van der Waals surface area contributed by atoms with Crippen molar-refractivity contribution < 1.29 is 14.6 Å². The molecule has 2 heterocycles. The minimum Gasteiger partial charge on any atom is -0.487 e. The molecule has 0 saturated carbocycles. The SMILES string of the molecule is CCn1nnc(CNC(=O)NCc2ccc3c(c2)OC[C@@H](O)N3)n1. The Hall–Kier alpha value is -2.88. The monoisotopic (exact) mass is 333 g/mol. The highest BCUT2D eigenvalue weighted by molar-refractivity contribution is 5.73. The van der Waals surface area contributed by atoms with E-state index in [1.165, 1.54) is 4.80 Å². The van der Waals surface area contributed by atoms with Crippen molar-refractivity contribution >= 4 is 11.7 Å². The van der Waals surface area contributed by atoms with E-state index in [9.17, 15) is 9.90 Å². The second kappa shape index (κ2) is 7.13. The van der Waals surface area contributed by atoms with E-state index in [0.717, 1.165) is 11.3 Å². The molecule has 0 bridgehead atoms. The lowest BCUT2D eigenvalue weighted by Crippen LogP contribution is -2.35. The third-order valence-electron chi connectivity index (χ3n) is 3.40. The Balaban J connectivity index is 1.47. The van der Waals surface area contributed by atoms with Crippen molar-refractivity contribution in [3.63, 3.8) is 0 Å². The van der Waals surface area contributed by atoms with E-state index in [2.05, 4.69) is 31.4 Å². The first-order valence-electron chi connectivity index (χ1n) is 7.62. The van der Waals surface area contributed by atoms with E-state index in [4.69, 9.17) is 4.74 Å². The van der Waals surface area contributed by atoms with Crippen LogP contribution in [0.25, 0.3) is 0 Å². The molecule has 10 nitrogen and oxygen atoms in total. The third kappa shape index (κ3) is 3.90. The van der Waals surface area contributed by atoms with Gasteiger partial charge in [0.25, 0.3) is 0 Å². The molecule has 0 saturated heterocycles. The average molecular weight is 333 g/mol. The van der Waals surface area contributed by atoms with Gasteiger partial charge in [0, 0.05) is 6.54 Å². The van der Waals surface area contributed by atoms with Crippen molar-refractivity contribution in [2.75, 3.05) is 11.9 Å². The van der Waals surface area contributed by atoms with Crippen LogP contribution in [0, 0.1) is 0 Å². The molecule has 3 rings (SSSR count). The fraction of sp³-hybridized carbons (Fsp3) is 0.429. The predicted octanol–water partition coefficient (Wildman–Crippen LogP) is -0.185. The summed E-state index contributed by atoms with van der Waals surface area (Å²) in [5.41, 5.74) is 1.61. The van der Waals surface area contributed by atoms with Gasteiger partial charge in [0.1, 0.15) is 12.4 Å². The number of carbonyl (C=O) groups is 1. The van der Waals surface area contributed by atoms with E-state index in [0.29, 0.717) is 24.7 Å². The fourth-order valence-electron chi connectivity index (χ4n) is 2.19. The Labute approximate surface area is 138 Å². The summed E-state index contributed by atoms with van der Waals surface area (Å²) in [7, 11) is 0. The average Bonchev–Trinajstić information content (AvgIpc) is 3.06. The number of rotatable bonds is 5. The smallest absolute Gasteiger partial charge is 0.315 e. The number of carbonyl (C=O) groups excluding carboxylic acids is 1. The maximum absolute atomic E-state index is 11.8. The summed E-state index contributed by atoms with van der Waals surface area (Å²) in [5.74, 6) is 1.11. The number of hydrogen-bond donors (Lipinski definition) is 4. The topological polar surface area (TPSA) is 126 Å². The summed E-state index contributed by atoms with van der Waals surface area (Å²) < 4.78 is 5.43. The number of anilines is 1. The number of nitrogens with zero attached hydrogens (tertiary/aromatic N) is 4. The zero-order chi connectivity index (χ0) is 16.9. The molecule has 1 aromatic heterocycles. The molecule has 128 valence electrons. The fourth-order valence-corrected chi connectivity index (χ4v) is 2.19. The Morgan fingerprint density at radius 1 is 1.46 bits per heavy atom. The normalized spacial score (nSPS) is 15.8. The van der Waals surface area contributed by atoms with E-state index in [1.807, 2.05) is 19.1 Å². The molecule has 10 heteroatoms. The summed E-state index contributed by atoms with van der Waals surface area (Å²) in [4.78, 5) is 13.3. The quantitative estimate of drug-likeness (QED) is 0.597. The number of tetrazole rings is 1. The molecule has 1 aliphatic rings. The molecule has 0 spiro atoms. The third-order valence-corrected chi connectivity index (χ3v) is 3.40. The van der Waals surface area contributed by atoms with Gasteiger partial charge in [0.05, 0.1) is 18.8 Å². The van der Waals surface area contributed by atoms with Crippen molar-refractivity contribution in [2.45, 2.75) is 32.8 Å². The predicted molar refractivity (Wildman–Crippen MR) is 84.1 cm³/mol. The lowest BCUT2D eigenvalue weighted by molar-refractivity contribution is 0.119. The van der Waals surface area contributed by atoms with Crippen LogP contribution in [0.4, 0.5) is 10.5 Å². The minimum atomic E-state index is -0.702. The standard InChI is InChI=1S/C14H19N7O3/c1-2-21-19-12(18-20-21)7-16-14(23)15-6-9-3-4-10-11(5-9)24-8-13(22)17-10/h3-5,13,17,22H,2,6-8H2,1H3,(H2,15,16,23)/t13-/m1/s1. The highest BCUT2D eigenvalue weighted by Crippen LogP contribution is 2.29. The number of aryl methyl sites for hydroxylation is 1. The summed E-state index contributed by atoms with van der Waals surface area (Å²) in [5, 5.41) is 29.5. The first kappa shape index (κ1) is 16.0. The molecular formula is C14H19N7O3. The summed E-state index contributed by atoms with van der Waals surface area (Å²) >= 11 is 0. The first-order chi connectivity index (χ1) is 11.6. The van der Waals surface area contributed by atoms with Gasteiger partial charge in [-0.1, -0.05) is 6.07 Å². The molecular weight excluding hydrogens is 314 g/mol. The maximum atomic E-state index is 11.8. The number of ether oxygens (including phenoxy) is 1. The lowest BCUT2D eigenvalue weighted by atomic mass is 10.1. The van der Waals surface area contributed by atoms with Crippen LogP contribution in [0.5, 0.6) is 5.75 Å². The van der Waals surface area contributed by atoms with E-state index < -0.39 is 6.23 Å². The van der Waals surface area contributed by atoms with Crippen molar-refractivity contribution in [1.82, 2.24) is 30.8 Å². The van der Waals surface area contributed by atoms with Crippen LogP contribution in [0.3, 0.4) is 0 Å². The number of amides is 2. The van der Waals surface area contributed by atoms with Gasteiger partial charge in [-0.2, -0.15) is 4.80 Å². The van der Waals surface area contributed by atoms with Crippen molar-refractivity contribution in [3.8, 4) is 5.75 Å². The Morgan fingerprint density at radius 3 is 3.08 bits per heavy atom. The van der Waals surface area contributed by atoms with Gasteiger partial charge in [-0.05, 0) is 29.8 Å². The highest BCUT2D eigenvalue weighted by Gasteiger charge is 2.16. The van der Waals surface area contributed by atoms with Crippen molar-refractivity contribution in [1.29, 1.82) is 0 Å². The molecule has 4 N–H and O–H groups in total. The number of nitrogens with one attached hydrogen (secondary N) is 3. The Kier molecular flexibility index (Phi) is 4.75. The summed E-state index contributed by atoms with van der Waals surface area (Å²) in [6, 6.07) is 5.15. The number of aliphatic hydroxyl groups excluding tert-OH is 1. The maximum Gasteiger partial charge on any atom is 0.315 e. The molecule has 1 aromatic carbocycles. The lowest BCUT2D eigenvalue weighted by Gasteiger charge is -2.24. The number of fused-ring (bicyclic) bond motifs is 1. The van der Waals surface area contributed by atoms with Gasteiger partial charge < -0.3 is 25.8 Å². The minimum absolute atomic E-state index is 0.190. The van der Waals surface area contributed by atoms with E-state index in [-0.39, 0.29) is 19.2 Å². The van der Waals surface area contributed by atoms with Gasteiger partial charge in [-0.25, -0.2) is 4.79 Å². The van der Waals surface area contributed by atoms with Gasteiger partial charge in [0.2, 0.25) is 0 Å². The van der Waals surface area contributed by atoms with Crippen molar-refractivity contribution in [2.24, 2.45) is 0 Å². The molecule has 1 atom stereocenters. The van der Waals surface area contributed by atoms with E-state index >= 15 is 0 Å². The molecule has 0 radical (unpaired) electrons. The van der Waals surface area contributed by atoms with Crippen LogP contribution in [-0.4, -0.2) is 44.2 Å². The summed E-state index contributed by atoms with van der Waals surface area (Å²) in [6.45, 7) is 3.28. The van der Waals surface area contributed by atoms with Gasteiger partial charge >= 0.3 is 6.03 Å². The number of benzene rings is 1. The Bertz CT molecular complexity index is 718. The number of urea groups is 1. The van der Waals surface area contributed by atoms with Gasteiger partial charge in [-0.3, -0.25) is 0 Å². The molecule has 0 unspecified atom stereocenters. The number of aliphatic hydroxyl groups is 1.